The SMILES string of the molecule is CC/C=C\C/C=C\C/C=C\C/C=C\C/C=C\CCCC(=O)N1CCCCC1. The van der Waals surface area contributed by atoms with Crippen LogP contribution in [0.1, 0.15) is 77.6 Å². The van der Waals surface area contributed by atoms with Gasteiger partial charge in [-0.3, -0.25) is 4.79 Å². The average Bonchev–Trinajstić information content (AvgIpc) is 2.70. The molecule has 0 saturated carbocycles. The smallest absolute Gasteiger partial charge is 0.222 e. The molecule has 0 aromatic rings. The monoisotopic (exact) mass is 369 g/mol. The van der Waals surface area contributed by atoms with E-state index >= 15 is 0 Å². The molecule has 0 unspecified atom stereocenters. The second-order valence-electron chi connectivity index (χ2n) is 7.04. The maximum absolute atomic E-state index is 12.0. The van der Waals surface area contributed by atoms with Gasteiger partial charge in [0.25, 0.3) is 0 Å². The summed E-state index contributed by atoms with van der Waals surface area (Å²) in [5.41, 5.74) is 0. The Morgan fingerprint density at radius 2 is 1.19 bits per heavy atom. The molecular formula is C25H39NO. The second kappa shape index (κ2) is 17.6. The first kappa shape index (κ1) is 23.2. The lowest BCUT2D eigenvalue weighted by Crippen LogP contribution is -2.35. The lowest BCUT2D eigenvalue weighted by Gasteiger charge is -2.26. The van der Waals surface area contributed by atoms with Gasteiger partial charge in [-0.2, -0.15) is 0 Å². The van der Waals surface area contributed by atoms with Crippen molar-refractivity contribution in [2.75, 3.05) is 13.1 Å². The number of rotatable bonds is 13. The van der Waals surface area contributed by atoms with Gasteiger partial charge in [0.15, 0.2) is 0 Å². The van der Waals surface area contributed by atoms with E-state index in [1.54, 1.807) is 0 Å². The number of nitrogens with zero attached hydrogens (tertiary/aromatic N) is 1. The molecule has 1 heterocycles. The highest BCUT2D eigenvalue weighted by Gasteiger charge is 2.15. The number of carbonyl (C=O) groups excluding carboxylic acids is 1. The first-order valence-corrected chi connectivity index (χ1v) is 10.9. The molecule has 1 aliphatic rings. The van der Waals surface area contributed by atoms with E-state index in [0.717, 1.165) is 58.0 Å². The Balaban J connectivity index is 1.94. The number of likely N-dealkylation sites (tertiary alicyclic amines) is 1. The highest BCUT2D eigenvalue weighted by atomic mass is 16.2. The second-order valence-corrected chi connectivity index (χ2v) is 7.04. The summed E-state index contributed by atoms with van der Waals surface area (Å²) in [5, 5.41) is 0. The molecule has 1 saturated heterocycles. The molecule has 1 amide bonds. The molecule has 1 aliphatic heterocycles. The molecule has 0 atom stereocenters. The molecule has 0 N–H and O–H groups in total. The molecule has 0 aromatic heterocycles. The van der Waals surface area contributed by atoms with Crippen LogP contribution in [0, 0.1) is 0 Å². The van der Waals surface area contributed by atoms with Gasteiger partial charge in [0, 0.05) is 19.5 Å². The number of carbonyl (C=O) groups is 1. The zero-order valence-electron chi connectivity index (χ0n) is 17.3. The predicted octanol–water partition coefficient (Wildman–Crippen LogP) is 6.92. The van der Waals surface area contributed by atoms with E-state index in [9.17, 15) is 4.79 Å². The maximum Gasteiger partial charge on any atom is 0.222 e. The summed E-state index contributed by atoms with van der Waals surface area (Å²) in [7, 11) is 0. The quantitative estimate of drug-likeness (QED) is 0.255. The van der Waals surface area contributed by atoms with E-state index in [4.69, 9.17) is 0 Å². The Hall–Kier alpha value is -1.83. The van der Waals surface area contributed by atoms with E-state index in [1.807, 2.05) is 4.90 Å². The lowest BCUT2D eigenvalue weighted by molar-refractivity contribution is -0.132. The third kappa shape index (κ3) is 14.0. The highest BCUT2D eigenvalue weighted by molar-refractivity contribution is 5.76. The molecular weight excluding hydrogens is 330 g/mol. The summed E-state index contributed by atoms with van der Waals surface area (Å²) in [4.78, 5) is 14.1. The van der Waals surface area contributed by atoms with Crippen LogP contribution >= 0.6 is 0 Å². The number of unbranched alkanes of at least 4 members (excludes halogenated alkanes) is 1. The zero-order valence-corrected chi connectivity index (χ0v) is 17.3. The fourth-order valence-corrected chi connectivity index (χ4v) is 3.04. The molecule has 1 fully saturated rings. The van der Waals surface area contributed by atoms with Crippen LogP contribution in [-0.2, 0) is 4.79 Å². The van der Waals surface area contributed by atoms with Crippen LogP contribution in [0.15, 0.2) is 60.8 Å². The van der Waals surface area contributed by atoms with Crippen molar-refractivity contribution in [2.45, 2.75) is 77.6 Å². The van der Waals surface area contributed by atoms with Crippen molar-refractivity contribution in [2.24, 2.45) is 0 Å². The van der Waals surface area contributed by atoms with Crippen molar-refractivity contribution >= 4 is 5.91 Å². The minimum absolute atomic E-state index is 0.349. The summed E-state index contributed by atoms with van der Waals surface area (Å²) < 4.78 is 0. The van der Waals surface area contributed by atoms with Crippen LogP contribution in [0.3, 0.4) is 0 Å². The average molecular weight is 370 g/mol. The Bertz CT molecular complexity index is 504. The van der Waals surface area contributed by atoms with Gasteiger partial charge in [-0.1, -0.05) is 67.7 Å². The van der Waals surface area contributed by atoms with Crippen LogP contribution in [0.2, 0.25) is 0 Å². The van der Waals surface area contributed by atoms with Crippen LogP contribution in [0.4, 0.5) is 0 Å². The fourth-order valence-electron chi connectivity index (χ4n) is 3.04. The Kier molecular flexibility index (Phi) is 15.1. The predicted molar refractivity (Wildman–Crippen MR) is 119 cm³/mol. The third-order valence-electron chi connectivity index (χ3n) is 4.63. The summed E-state index contributed by atoms with van der Waals surface area (Å²) in [6, 6.07) is 0. The Morgan fingerprint density at radius 3 is 1.70 bits per heavy atom. The zero-order chi connectivity index (χ0) is 19.4. The molecule has 0 bridgehead atoms. The normalized spacial score (nSPS) is 16.1. The van der Waals surface area contributed by atoms with Crippen LogP contribution in [0.5, 0.6) is 0 Å². The minimum Gasteiger partial charge on any atom is -0.343 e. The first-order chi connectivity index (χ1) is 13.3. The molecule has 2 nitrogen and oxygen atoms in total. The van der Waals surface area contributed by atoms with Gasteiger partial charge in [-0.05, 0) is 64.2 Å². The van der Waals surface area contributed by atoms with E-state index in [1.165, 1.54) is 19.3 Å². The van der Waals surface area contributed by atoms with Gasteiger partial charge in [-0.15, -0.1) is 0 Å². The van der Waals surface area contributed by atoms with Crippen molar-refractivity contribution < 1.29 is 4.79 Å². The molecule has 2 heteroatoms. The number of allylic oxidation sites excluding steroid dienone is 10. The number of amides is 1. The number of hydrogen-bond acceptors (Lipinski definition) is 1. The van der Waals surface area contributed by atoms with Crippen molar-refractivity contribution in [1.82, 2.24) is 4.90 Å². The Labute approximate surface area is 167 Å². The summed E-state index contributed by atoms with van der Waals surface area (Å²) >= 11 is 0. The largest absolute Gasteiger partial charge is 0.343 e. The topological polar surface area (TPSA) is 20.3 Å². The minimum atomic E-state index is 0.349. The molecule has 1 rings (SSSR count). The van der Waals surface area contributed by atoms with Crippen LogP contribution in [-0.4, -0.2) is 23.9 Å². The van der Waals surface area contributed by atoms with Gasteiger partial charge in [0.1, 0.15) is 0 Å². The van der Waals surface area contributed by atoms with Crippen molar-refractivity contribution in [3.05, 3.63) is 60.8 Å². The van der Waals surface area contributed by atoms with E-state index in [-0.39, 0.29) is 0 Å². The number of hydrogen-bond donors (Lipinski definition) is 0. The fraction of sp³-hybridized carbons (Fsp3) is 0.560. The van der Waals surface area contributed by atoms with Crippen LogP contribution < -0.4 is 0 Å². The molecule has 0 aromatic carbocycles. The van der Waals surface area contributed by atoms with Crippen LogP contribution in [0.25, 0.3) is 0 Å². The standard InChI is InChI=1S/C25H39NO/c1-2-3-4-5-6-7-8-9-10-11-12-13-14-15-16-17-19-22-25(27)26-23-20-18-21-24-26/h3-4,6-7,9-10,12-13,15-16H,2,5,8,11,14,17-24H2,1H3/b4-3-,7-6-,10-9-,13-12-,16-15-. The molecule has 0 aliphatic carbocycles. The molecule has 0 radical (unpaired) electrons. The van der Waals surface area contributed by atoms with E-state index < -0.39 is 0 Å². The maximum atomic E-state index is 12.0. The lowest BCUT2D eigenvalue weighted by atomic mass is 10.1. The van der Waals surface area contributed by atoms with Gasteiger partial charge in [0.05, 0.1) is 0 Å². The molecule has 150 valence electrons. The number of piperidine rings is 1. The third-order valence-corrected chi connectivity index (χ3v) is 4.63. The van der Waals surface area contributed by atoms with E-state index in [2.05, 4.69) is 67.7 Å². The molecule has 27 heavy (non-hydrogen) atoms. The van der Waals surface area contributed by atoms with Gasteiger partial charge < -0.3 is 4.90 Å². The van der Waals surface area contributed by atoms with E-state index in [0.29, 0.717) is 12.3 Å². The van der Waals surface area contributed by atoms with Crippen molar-refractivity contribution in [1.29, 1.82) is 0 Å². The van der Waals surface area contributed by atoms with Gasteiger partial charge >= 0.3 is 0 Å². The first-order valence-electron chi connectivity index (χ1n) is 10.9. The summed E-state index contributed by atoms with van der Waals surface area (Å²) in [6.45, 7) is 4.10. The van der Waals surface area contributed by atoms with Gasteiger partial charge in [0.2, 0.25) is 5.91 Å². The Morgan fingerprint density at radius 1 is 0.704 bits per heavy atom. The highest BCUT2D eigenvalue weighted by Crippen LogP contribution is 2.11. The summed E-state index contributed by atoms with van der Waals surface area (Å²) in [6.07, 6.45) is 33.6. The van der Waals surface area contributed by atoms with Crippen molar-refractivity contribution in [3.63, 3.8) is 0 Å². The molecule has 0 spiro atoms. The van der Waals surface area contributed by atoms with Gasteiger partial charge in [-0.25, -0.2) is 0 Å². The van der Waals surface area contributed by atoms with Crippen molar-refractivity contribution in [3.8, 4) is 0 Å². The summed E-state index contributed by atoms with van der Waals surface area (Å²) in [5.74, 6) is 0.349.